The summed E-state index contributed by atoms with van der Waals surface area (Å²) in [5, 5.41) is 3.13. The number of methoxy groups -OCH3 is 1. The number of sulfone groups is 1. The van der Waals surface area contributed by atoms with Crippen LogP contribution in [-0.2, 0) is 16.3 Å². The summed E-state index contributed by atoms with van der Waals surface area (Å²) >= 11 is 13.7. The molecule has 2 aromatic carbocycles. The fourth-order valence-corrected chi connectivity index (χ4v) is 7.15. The average Bonchev–Trinajstić information content (AvgIpc) is 3.22. The summed E-state index contributed by atoms with van der Waals surface area (Å²) in [7, 11) is -1.85. The average molecular weight is 497 g/mol. The summed E-state index contributed by atoms with van der Waals surface area (Å²) in [6.07, 6.45) is 1.80. The van der Waals surface area contributed by atoms with E-state index in [-0.39, 0.29) is 9.92 Å². The molecule has 0 N–H and O–H groups in total. The first-order valence-electron chi connectivity index (χ1n) is 9.88. The summed E-state index contributed by atoms with van der Waals surface area (Å²) in [6.45, 7) is 1.28. The molecule has 0 spiro atoms. The first-order valence-corrected chi connectivity index (χ1v) is 13.1. The molecule has 1 aliphatic rings. The van der Waals surface area contributed by atoms with Crippen molar-refractivity contribution in [1.29, 1.82) is 0 Å². The number of piperidine rings is 1. The van der Waals surface area contributed by atoms with Crippen molar-refractivity contribution in [3.05, 3.63) is 69.1 Å². The minimum atomic E-state index is -3.50. The molecule has 0 radical (unpaired) electrons. The van der Waals surface area contributed by atoms with Gasteiger partial charge in [0.1, 0.15) is 5.75 Å². The maximum atomic E-state index is 13.1. The largest absolute Gasteiger partial charge is 0.497 e. The van der Waals surface area contributed by atoms with Crippen molar-refractivity contribution in [3.63, 3.8) is 0 Å². The molecule has 5 nitrogen and oxygen atoms in total. The van der Waals surface area contributed by atoms with Crippen LogP contribution in [0.25, 0.3) is 0 Å². The molecule has 1 fully saturated rings. The van der Waals surface area contributed by atoms with Crippen LogP contribution in [0, 0.1) is 0 Å². The fraction of sp³-hybridized carbons (Fsp3) is 0.318. The first kappa shape index (κ1) is 22.4. The number of hydrogen-bond donors (Lipinski definition) is 0. The van der Waals surface area contributed by atoms with Gasteiger partial charge < -0.3 is 9.64 Å². The molecule has 0 amide bonds. The smallest absolute Gasteiger partial charge is 0.185 e. The third-order valence-electron chi connectivity index (χ3n) is 5.41. The summed E-state index contributed by atoms with van der Waals surface area (Å²) in [5.74, 6) is 0.831. The molecule has 1 saturated heterocycles. The van der Waals surface area contributed by atoms with Gasteiger partial charge in [-0.3, -0.25) is 0 Å². The Morgan fingerprint density at radius 3 is 2.65 bits per heavy atom. The summed E-state index contributed by atoms with van der Waals surface area (Å²) in [6, 6.07) is 12.5. The number of ether oxygens (including phenoxy) is 1. The van der Waals surface area contributed by atoms with Gasteiger partial charge in [0.15, 0.2) is 15.0 Å². The lowest BCUT2D eigenvalue weighted by Crippen LogP contribution is -2.39. The van der Waals surface area contributed by atoms with Gasteiger partial charge in [0.2, 0.25) is 0 Å². The van der Waals surface area contributed by atoms with Gasteiger partial charge in [-0.25, -0.2) is 13.4 Å². The van der Waals surface area contributed by atoms with Crippen molar-refractivity contribution >= 4 is 49.5 Å². The van der Waals surface area contributed by atoms with E-state index in [4.69, 9.17) is 32.9 Å². The molecule has 1 aromatic heterocycles. The van der Waals surface area contributed by atoms with Crippen molar-refractivity contribution in [2.45, 2.75) is 29.4 Å². The molecular formula is C22H22Cl2N2O3S2. The Kier molecular flexibility index (Phi) is 6.77. The van der Waals surface area contributed by atoms with E-state index < -0.39 is 15.1 Å². The van der Waals surface area contributed by atoms with Crippen LogP contribution >= 0.6 is 34.5 Å². The Balaban J connectivity index is 1.41. The Hall–Kier alpha value is -1.80. The van der Waals surface area contributed by atoms with E-state index in [9.17, 15) is 8.42 Å². The number of aromatic nitrogens is 1. The Bertz CT molecular complexity index is 1170. The van der Waals surface area contributed by atoms with E-state index in [1.807, 2.05) is 18.2 Å². The van der Waals surface area contributed by atoms with E-state index in [0.717, 1.165) is 28.6 Å². The van der Waals surface area contributed by atoms with E-state index in [1.165, 1.54) is 12.1 Å². The lowest BCUT2D eigenvalue weighted by molar-refractivity contribution is 0.414. The number of thiazole rings is 1. The van der Waals surface area contributed by atoms with Gasteiger partial charge >= 0.3 is 0 Å². The molecule has 0 atom stereocenters. The van der Waals surface area contributed by atoms with Crippen LogP contribution in [0.5, 0.6) is 5.75 Å². The van der Waals surface area contributed by atoms with E-state index in [0.29, 0.717) is 31.0 Å². The van der Waals surface area contributed by atoms with Crippen molar-refractivity contribution in [2.75, 3.05) is 25.1 Å². The molecule has 1 aliphatic heterocycles. The fourth-order valence-electron chi connectivity index (χ4n) is 3.76. The normalized spacial score (nSPS) is 15.3. The van der Waals surface area contributed by atoms with E-state index in [1.54, 1.807) is 24.5 Å². The zero-order valence-electron chi connectivity index (χ0n) is 16.9. The second-order valence-electron chi connectivity index (χ2n) is 7.46. The number of hydrogen-bond acceptors (Lipinski definition) is 6. The van der Waals surface area contributed by atoms with Gasteiger partial charge in [-0.15, -0.1) is 11.3 Å². The minimum Gasteiger partial charge on any atom is -0.497 e. The minimum absolute atomic E-state index is 0.159. The van der Waals surface area contributed by atoms with Crippen LogP contribution in [0.3, 0.4) is 0 Å². The molecule has 0 unspecified atom stereocenters. The van der Waals surface area contributed by atoms with Crippen molar-refractivity contribution in [1.82, 2.24) is 4.98 Å². The predicted molar refractivity (Wildman–Crippen MR) is 127 cm³/mol. The van der Waals surface area contributed by atoms with Crippen LogP contribution in [0.2, 0.25) is 10.0 Å². The van der Waals surface area contributed by atoms with Gasteiger partial charge in [0.05, 0.1) is 28.0 Å². The first-order chi connectivity index (χ1) is 14.9. The molecule has 3 aromatic rings. The highest BCUT2D eigenvalue weighted by atomic mass is 35.5. The van der Waals surface area contributed by atoms with Gasteiger partial charge in [-0.1, -0.05) is 35.3 Å². The van der Waals surface area contributed by atoms with Crippen LogP contribution in [0.1, 0.15) is 24.1 Å². The highest BCUT2D eigenvalue weighted by Crippen LogP contribution is 2.33. The zero-order valence-corrected chi connectivity index (χ0v) is 20.1. The molecule has 9 heteroatoms. The highest BCUT2D eigenvalue weighted by Gasteiger charge is 2.33. The number of halogens is 2. The molecule has 2 heterocycles. The molecule has 4 rings (SSSR count). The maximum absolute atomic E-state index is 13.1. The molecule has 0 saturated carbocycles. The summed E-state index contributed by atoms with van der Waals surface area (Å²) < 4.78 is 31.4. The van der Waals surface area contributed by atoms with E-state index >= 15 is 0 Å². The summed E-state index contributed by atoms with van der Waals surface area (Å²) in [4.78, 5) is 7.09. The highest BCUT2D eigenvalue weighted by molar-refractivity contribution is 7.92. The van der Waals surface area contributed by atoms with Crippen molar-refractivity contribution < 1.29 is 13.2 Å². The second-order valence-corrected chi connectivity index (χ2v) is 11.3. The third kappa shape index (κ3) is 5.00. The molecule has 164 valence electrons. The number of benzene rings is 2. The maximum Gasteiger partial charge on any atom is 0.185 e. The van der Waals surface area contributed by atoms with Crippen LogP contribution < -0.4 is 9.64 Å². The summed E-state index contributed by atoms with van der Waals surface area (Å²) in [5.41, 5.74) is 2.14. The number of rotatable bonds is 6. The molecular weight excluding hydrogens is 475 g/mol. The van der Waals surface area contributed by atoms with Crippen molar-refractivity contribution in [2.24, 2.45) is 0 Å². The Morgan fingerprint density at radius 2 is 1.94 bits per heavy atom. The molecule has 31 heavy (non-hydrogen) atoms. The number of anilines is 1. The lowest BCUT2D eigenvalue weighted by Gasteiger charge is -2.31. The third-order valence-corrected chi connectivity index (χ3v) is 9.34. The quantitative estimate of drug-likeness (QED) is 0.451. The second kappa shape index (κ2) is 9.36. The topological polar surface area (TPSA) is 59.5 Å². The molecule has 0 bridgehead atoms. The monoisotopic (exact) mass is 496 g/mol. The van der Waals surface area contributed by atoms with Crippen LogP contribution in [0.4, 0.5) is 5.13 Å². The Labute approximate surface area is 196 Å². The zero-order chi connectivity index (χ0) is 22.0. The Morgan fingerprint density at radius 1 is 1.16 bits per heavy atom. The molecule has 0 aliphatic carbocycles. The lowest BCUT2D eigenvalue weighted by atomic mass is 10.1. The standard InChI is InChI=1S/C22H22Cl2N2O3S2/c1-29-18-4-2-3-15(12-18)11-17-14-30-22(25-17)26-9-7-19(8-10-26)31(27,28)21-6-5-16(23)13-20(21)24/h2-6,12-14,19H,7-11H2,1H3. The predicted octanol–water partition coefficient (Wildman–Crippen LogP) is 5.49. The number of nitrogens with zero attached hydrogens (tertiary/aromatic N) is 2. The van der Waals surface area contributed by atoms with Gasteiger partial charge in [0, 0.05) is 29.9 Å². The van der Waals surface area contributed by atoms with Crippen LogP contribution in [0.15, 0.2) is 52.7 Å². The van der Waals surface area contributed by atoms with Gasteiger partial charge in [-0.2, -0.15) is 0 Å². The SMILES string of the molecule is COc1cccc(Cc2csc(N3CCC(S(=O)(=O)c4ccc(Cl)cc4Cl)CC3)n2)c1. The van der Waals surface area contributed by atoms with Crippen molar-refractivity contribution in [3.8, 4) is 5.75 Å². The van der Waals surface area contributed by atoms with E-state index in [2.05, 4.69) is 16.3 Å². The van der Waals surface area contributed by atoms with Gasteiger partial charge in [0.25, 0.3) is 0 Å². The van der Waals surface area contributed by atoms with Crippen LogP contribution in [-0.4, -0.2) is 38.9 Å². The van der Waals surface area contributed by atoms with Gasteiger partial charge in [-0.05, 0) is 48.7 Å².